The Morgan fingerprint density at radius 1 is 1.14 bits per heavy atom. The minimum atomic E-state index is -6.10. The quantitative estimate of drug-likeness (QED) is 0.453. The topological polar surface area (TPSA) is 112 Å². The van der Waals surface area contributed by atoms with Crippen molar-refractivity contribution in [1.82, 2.24) is 15.6 Å². The fourth-order valence-corrected chi connectivity index (χ4v) is 4.94. The van der Waals surface area contributed by atoms with Crippen LogP contribution in [0.4, 0.5) is 26.3 Å². The number of rotatable bonds is 10. The minimum Gasteiger partial charge on any atom is -0.336 e. The van der Waals surface area contributed by atoms with Gasteiger partial charge in [-0.05, 0) is 42.2 Å². The van der Waals surface area contributed by atoms with E-state index in [1.54, 1.807) is 6.07 Å². The van der Waals surface area contributed by atoms with E-state index in [-0.39, 0.29) is 18.4 Å². The zero-order valence-corrected chi connectivity index (χ0v) is 19.2. The van der Waals surface area contributed by atoms with Crippen molar-refractivity contribution in [2.24, 2.45) is 0 Å². The van der Waals surface area contributed by atoms with Crippen molar-refractivity contribution in [3.05, 3.63) is 65.7 Å². The molecule has 0 radical (unpaired) electrons. The van der Waals surface area contributed by atoms with Crippen molar-refractivity contribution in [1.29, 1.82) is 5.26 Å². The van der Waals surface area contributed by atoms with Crippen LogP contribution in [0.2, 0.25) is 0 Å². The lowest BCUT2D eigenvalue weighted by Gasteiger charge is -2.33. The standard InChI is InChI=1S/C22H20F6N4O3S/c23-16-5-3-15(4-6-16)18(21(24,25)22(26,27)28)31-17(19(33)32-20(13-29)7-8-20)12-36(34,35)11-14-2-1-9-30-10-14/h1-6,9-10,17-18,31H,7-8,11-12H2,(H,32,33)/t17-,18+/m0/s1. The Balaban J connectivity index is 1.98. The summed E-state index contributed by atoms with van der Waals surface area (Å²) in [5.74, 6) is -9.48. The van der Waals surface area contributed by atoms with Crippen molar-refractivity contribution in [3.8, 4) is 6.07 Å². The smallest absolute Gasteiger partial charge is 0.336 e. The Kier molecular flexibility index (Phi) is 7.66. The Morgan fingerprint density at radius 2 is 1.78 bits per heavy atom. The molecule has 1 heterocycles. The molecule has 0 aliphatic heterocycles. The van der Waals surface area contributed by atoms with Gasteiger partial charge in [-0.25, -0.2) is 12.8 Å². The van der Waals surface area contributed by atoms with Crippen molar-refractivity contribution < 1.29 is 39.6 Å². The number of nitrogens with zero attached hydrogens (tertiary/aromatic N) is 2. The van der Waals surface area contributed by atoms with Crippen LogP contribution in [0, 0.1) is 17.1 Å². The number of carbonyl (C=O) groups is 1. The predicted molar refractivity (Wildman–Crippen MR) is 115 cm³/mol. The van der Waals surface area contributed by atoms with E-state index in [0.717, 1.165) is 0 Å². The molecule has 1 aliphatic carbocycles. The van der Waals surface area contributed by atoms with Crippen molar-refractivity contribution in [3.63, 3.8) is 0 Å². The zero-order chi connectivity index (χ0) is 26.8. The van der Waals surface area contributed by atoms with Crippen LogP contribution in [0.1, 0.15) is 30.0 Å². The first kappa shape index (κ1) is 27.4. The fourth-order valence-electron chi connectivity index (χ4n) is 3.39. The molecule has 194 valence electrons. The van der Waals surface area contributed by atoms with E-state index in [1.165, 1.54) is 24.5 Å². The summed E-state index contributed by atoms with van der Waals surface area (Å²) in [6, 6.07) is 2.23. The molecule has 14 heteroatoms. The Bertz CT molecular complexity index is 1230. The zero-order valence-electron chi connectivity index (χ0n) is 18.4. The molecule has 1 amide bonds. The van der Waals surface area contributed by atoms with E-state index in [4.69, 9.17) is 0 Å². The van der Waals surface area contributed by atoms with Crippen molar-refractivity contribution in [2.75, 3.05) is 5.75 Å². The highest BCUT2D eigenvalue weighted by atomic mass is 32.2. The molecule has 0 unspecified atom stereocenters. The normalized spacial score (nSPS) is 17.0. The van der Waals surface area contributed by atoms with Crippen LogP contribution in [0.3, 0.4) is 0 Å². The van der Waals surface area contributed by atoms with Gasteiger partial charge in [0.15, 0.2) is 9.84 Å². The second-order valence-corrected chi connectivity index (χ2v) is 10.5. The molecule has 2 atom stereocenters. The molecule has 1 aliphatic rings. The molecule has 1 aromatic heterocycles. The molecule has 0 spiro atoms. The van der Waals surface area contributed by atoms with Crippen LogP contribution >= 0.6 is 0 Å². The number of hydrogen-bond acceptors (Lipinski definition) is 6. The summed E-state index contributed by atoms with van der Waals surface area (Å²) >= 11 is 0. The van der Waals surface area contributed by atoms with Crippen LogP contribution < -0.4 is 10.6 Å². The van der Waals surface area contributed by atoms with Gasteiger partial charge in [0.25, 0.3) is 0 Å². The first-order valence-corrected chi connectivity index (χ1v) is 12.3. The van der Waals surface area contributed by atoms with Gasteiger partial charge in [0, 0.05) is 12.4 Å². The maximum absolute atomic E-state index is 14.6. The van der Waals surface area contributed by atoms with Crippen LogP contribution in [0.25, 0.3) is 0 Å². The lowest BCUT2D eigenvalue weighted by atomic mass is 9.98. The maximum Gasteiger partial charge on any atom is 0.455 e. The second-order valence-electron chi connectivity index (χ2n) is 8.42. The number of hydrogen-bond donors (Lipinski definition) is 2. The van der Waals surface area contributed by atoms with Gasteiger partial charge in [-0.15, -0.1) is 0 Å². The maximum atomic E-state index is 14.6. The van der Waals surface area contributed by atoms with Gasteiger partial charge < -0.3 is 5.32 Å². The van der Waals surface area contributed by atoms with Gasteiger partial charge in [-0.3, -0.25) is 15.1 Å². The van der Waals surface area contributed by atoms with Crippen LogP contribution in [0.5, 0.6) is 0 Å². The van der Waals surface area contributed by atoms with Crippen LogP contribution in [-0.2, 0) is 20.4 Å². The molecular formula is C22H20F6N4O3S. The lowest BCUT2D eigenvalue weighted by Crippen LogP contribution is -2.57. The molecular weight excluding hydrogens is 514 g/mol. The minimum absolute atomic E-state index is 0.197. The number of halogens is 6. The summed E-state index contributed by atoms with van der Waals surface area (Å²) in [7, 11) is -4.27. The van der Waals surface area contributed by atoms with Crippen molar-refractivity contribution >= 4 is 15.7 Å². The molecule has 7 nitrogen and oxygen atoms in total. The largest absolute Gasteiger partial charge is 0.455 e. The van der Waals surface area contributed by atoms with Crippen LogP contribution in [0.15, 0.2) is 48.8 Å². The number of carbonyl (C=O) groups excluding carboxylic acids is 1. The molecule has 3 rings (SSSR count). The molecule has 0 saturated heterocycles. The summed E-state index contributed by atoms with van der Waals surface area (Å²) in [4.78, 5) is 16.7. The second kappa shape index (κ2) is 10.1. The van der Waals surface area contributed by atoms with E-state index in [1.807, 2.05) is 5.32 Å². The summed E-state index contributed by atoms with van der Waals surface area (Å²) in [5.41, 5.74) is -1.90. The fraction of sp³-hybridized carbons (Fsp3) is 0.409. The van der Waals surface area contributed by atoms with Gasteiger partial charge in [-0.2, -0.15) is 27.2 Å². The summed E-state index contributed by atoms with van der Waals surface area (Å²) in [6.45, 7) is 0. The van der Waals surface area contributed by atoms with Crippen LogP contribution in [-0.4, -0.2) is 48.7 Å². The van der Waals surface area contributed by atoms with E-state index in [9.17, 15) is 44.8 Å². The molecule has 36 heavy (non-hydrogen) atoms. The highest BCUT2D eigenvalue weighted by Crippen LogP contribution is 2.45. The van der Waals surface area contributed by atoms with Gasteiger partial charge in [0.1, 0.15) is 23.4 Å². The number of benzene rings is 1. The molecule has 1 fully saturated rings. The van der Waals surface area contributed by atoms with E-state index < -0.39 is 68.4 Å². The third-order valence-corrected chi connectivity index (χ3v) is 7.10. The Labute approximate surface area is 202 Å². The highest BCUT2D eigenvalue weighted by molar-refractivity contribution is 7.90. The van der Waals surface area contributed by atoms with E-state index in [2.05, 4.69) is 10.3 Å². The molecule has 2 aromatic rings. The first-order chi connectivity index (χ1) is 16.7. The lowest BCUT2D eigenvalue weighted by molar-refractivity contribution is -0.294. The van der Waals surface area contributed by atoms with Gasteiger partial charge in [0.2, 0.25) is 5.91 Å². The molecule has 1 saturated carbocycles. The predicted octanol–water partition coefficient (Wildman–Crippen LogP) is 3.20. The van der Waals surface area contributed by atoms with Gasteiger partial charge in [0.05, 0.1) is 17.6 Å². The van der Waals surface area contributed by atoms with E-state index in [0.29, 0.717) is 24.3 Å². The van der Waals surface area contributed by atoms with Gasteiger partial charge >= 0.3 is 12.1 Å². The molecule has 1 aromatic carbocycles. The Hall–Kier alpha value is -3.18. The summed E-state index contributed by atoms with van der Waals surface area (Å²) in [6.07, 6.45) is -3.11. The first-order valence-electron chi connectivity index (χ1n) is 10.5. The third kappa shape index (κ3) is 6.52. The van der Waals surface area contributed by atoms with E-state index >= 15 is 0 Å². The van der Waals surface area contributed by atoms with Crippen molar-refractivity contribution in [2.45, 2.75) is 48.3 Å². The number of amides is 1. The number of sulfone groups is 1. The number of nitriles is 1. The summed E-state index contributed by atoms with van der Waals surface area (Å²) in [5, 5.41) is 13.3. The number of pyridine rings is 1. The molecule has 2 N–H and O–H groups in total. The monoisotopic (exact) mass is 534 g/mol. The number of nitrogens with one attached hydrogen (secondary N) is 2. The van der Waals surface area contributed by atoms with Gasteiger partial charge in [-0.1, -0.05) is 18.2 Å². The third-order valence-electron chi connectivity index (χ3n) is 5.48. The summed E-state index contributed by atoms with van der Waals surface area (Å²) < 4.78 is 108. The average molecular weight is 534 g/mol. The SMILES string of the molecule is N#CC1(NC(=O)[C@H](CS(=O)(=O)Cc2cccnc2)N[C@H](c2ccc(F)cc2)C(F)(F)C(F)(F)F)CC1. The molecule has 0 bridgehead atoms. The highest BCUT2D eigenvalue weighted by Gasteiger charge is 2.63. The average Bonchev–Trinajstić information content (AvgIpc) is 3.56. The number of alkyl halides is 5. The number of aromatic nitrogens is 1. The Morgan fingerprint density at radius 3 is 2.28 bits per heavy atom.